The Kier molecular flexibility index (Phi) is 4.31. The monoisotopic (exact) mass is 352 g/mol. The van der Waals surface area contributed by atoms with E-state index in [4.69, 9.17) is 0 Å². The predicted octanol–water partition coefficient (Wildman–Crippen LogP) is 6.23. The first kappa shape index (κ1) is 17.5. The highest BCUT2D eigenvalue weighted by molar-refractivity contribution is 5.94. The molecule has 0 unspecified atom stereocenters. The minimum Gasteiger partial charge on any atom is -0.198 e. The quantitative estimate of drug-likeness (QED) is 0.376. The van der Waals surface area contributed by atoms with Gasteiger partial charge in [-0.3, -0.25) is 0 Å². The van der Waals surface area contributed by atoms with Crippen molar-refractivity contribution >= 4 is 10.8 Å². The number of benzene rings is 3. The molecule has 0 radical (unpaired) electrons. The van der Waals surface area contributed by atoms with Crippen LogP contribution in [0.2, 0.25) is 0 Å². The molecule has 4 rings (SSSR count). The Morgan fingerprint density at radius 1 is 0.667 bits per heavy atom. The average molecular weight is 353 g/mol. The summed E-state index contributed by atoms with van der Waals surface area (Å²) in [7, 11) is 2.16. The van der Waals surface area contributed by atoms with Crippen LogP contribution in [0.4, 0.5) is 0 Å². The van der Waals surface area contributed by atoms with Crippen LogP contribution in [0.1, 0.15) is 22.4 Å². The highest BCUT2D eigenvalue weighted by Crippen LogP contribution is 2.33. The molecule has 0 bridgehead atoms. The van der Waals surface area contributed by atoms with Crippen molar-refractivity contribution in [3.8, 4) is 22.4 Å². The van der Waals surface area contributed by atoms with Crippen LogP contribution in [0, 0.1) is 27.7 Å². The summed E-state index contributed by atoms with van der Waals surface area (Å²) in [4.78, 5) is 0. The molecule has 0 saturated carbocycles. The van der Waals surface area contributed by atoms with Gasteiger partial charge in [-0.05, 0) is 66.1 Å². The maximum Gasteiger partial charge on any atom is 0.220 e. The first-order chi connectivity index (χ1) is 13.0. The molecule has 1 nitrogen and oxygen atoms in total. The second-order valence-corrected chi connectivity index (χ2v) is 7.58. The number of nitrogens with zero attached hydrogens (tertiary/aromatic N) is 1. The molecular weight excluding hydrogens is 326 g/mol. The summed E-state index contributed by atoms with van der Waals surface area (Å²) in [5.41, 5.74) is 10.5. The highest BCUT2D eigenvalue weighted by atomic mass is 14.9. The van der Waals surface area contributed by atoms with Crippen molar-refractivity contribution in [1.29, 1.82) is 0 Å². The molecule has 134 valence electrons. The molecular formula is C26H26N+. The van der Waals surface area contributed by atoms with Gasteiger partial charge in [0.1, 0.15) is 7.05 Å². The fourth-order valence-corrected chi connectivity index (χ4v) is 4.20. The van der Waals surface area contributed by atoms with Gasteiger partial charge in [0, 0.05) is 18.6 Å². The number of rotatable bonds is 2. The molecule has 0 spiro atoms. The van der Waals surface area contributed by atoms with Gasteiger partial charge in [0.15, 0.2) is 5.69 Å². The van der Waals surface area contributed by atoms with Crippen molar-refractivity contribution in [3.05, 3.63) is 89.1 Å². The van der Waals surface area contributed by atoms with Crippen molar-refractivity contribution in [1.82, 2.24) is 0 Å². The smallest absolute Gasteiger partial charge is 0.198 e. The Balaban J connectivity index is 1.95. The highest BCUT2D eigenvalue weighted by Gasteiger charge is 2.20. The second kappa shape index (κ2) is 6.66. The molecule has 0 atom stereocenters. The lowest BCUT2D eigenvalue weighted by molar-refractivity contribution is -0.665. The van der Waals surface area contributed by atoms with Crippen LogP contribution in [0.5, 0.6) is 0 Å². The molecule has 0 amide bonds. The van der Waals surface area contributed by atoms with E-state index in [0.29, 0.717) is 0 Å². The summed E-state index contributed by atoms with van der Waals surface area (Å²) >= 11 is 0. The van der Waals surface area contributed by atoms with Gasteiger partial charge in [-0.25, -0.2) is 0 Å². The molecule has 0 N–H and O–H groups in total. The third-order valence-corrected chi connectivity index (χ3v) is 5.70. The van der Waals surface area contributed by atoms with E-state index in [2.05, 4.69) is 106 Å². The molecule has 0 aliphatic carbocycles. The number of aromatic nitrogens is 1. The van der Waals surface area contributed by atoms with Gasteiger partial charge in [-0.1, -0.05) is 48.5 Å². The fourth-order valence-electron chi connectivity index (χ4n) is 4.20. The minimum absolute atomic E-state index is 1.27. The lowest BCUT2D eigenvalue weighted by atomic mass is 9.91. The van der Waals surface area contributed by atoms with E-state index in [-0.39, 0.29) is 0 Å². The largest absolute Gasteiger partial charge is 0.220 e. The van der Waals surface area contributed by atoms with E-state index in [1.54, 1.807) is 0 Å². The Bertz CT molecular complexity index is 1150. The predicted molar refractivity (Wildman–Crippen MR) is 115 cm³/mol. The van der Waals surface area contributed by atoms with Crippen molar-refractivity contribution in [2.45, 2.75) is 27.7 Å². The van der Waals surface area contributed by atoms with Gasteiger partial charge in [-0.2, -0.15) is 4.57 Å². The molecule has 0 aliphatic heterocycles. The molecule has 1 heteroatoms. The molecule has 27 heavy (non-hydrogen) atoms. The average Bonchev–Trinajstić information content (AvgIpc) is 2.64. The molecule has 1 aromatic heterocycles. The summed E-state index contributed by atoms with van der Waals surface area (Å²) in [6.45, 7) is 8.79. The maximum atomic E-state index is 2.34. The van der Waals surface area contributed by atoms with Crippen LogP contribution in [-0.2, 0) is 7.05 Å². The normalized spacial score (nSPS) is 11.1. The number of pyridine rings is 1. The number of aryl methyl sites for hydroxylation is 4. The molecule has 1 heterocycles. The van der Waals surface area contributed by atoms with Crippen molar-refractivity contribution in [2.75, 3.05) is 0 Å². The third kappa shape index (κ3) is 2.94. The minimum atomic E-state index is 1.27. The first-order valence-corrected chi connectivity index (χ1v) is 9.53. The Labute approximate surface area is 161 Å². The molecule has 3 aromatic carbocycles. The summed E-state index contributed by atoms with van der Waals surface area (Å²) in [6, 6.07) is 24.3. The topological polar surface area (TPSA) is 3.88 Å². The third-order valence-electron chi connectivity index (χ3n) is 5.70. The number of fused-ring (bicyclic) bond motifs is 1. The van der Waals surface area contributed by atoms with Gasteiger partial charge >= 0.3 is 0 Å². The second-order valence-electron chi connectivity index (χ2n) is 7.58. The van der Waals surface area contributed by atoms with Crippen LogP contribution in [0.25, 0.3) is 33.2 Å². The van der Waals surface area contributed by atoms with Crippen LogP contribution < -0.4 is 4.57 Å². The van der Waals surface area contributed by atoms with E-state index in [9.17, 15) is 0 Å². The lowest BCUT2D eigenvalue weighted by Gasteiger charge is -2.14. The van der Waals surface area contributed by atoms with Gasteiger partial charge in [0.05, 0.1) is 5.39 Å². The van der Waals surface area contributed by atoms with Crippen molar-refractivity contribution < 1.29 is 4.57 Å². The first-order valence-electron chi connectivity index (χ1n) is 9.53. The van der Waals surface area contributed by atoms with E-state index >= 15 is 0 Å². The van der Waals surface area contributed by atoms with Gasteiger partial charge in [-0.15, -0.1) is 0 Å². The summed E-state index contributed by atoms with van der Waals surface area (Å²) in [5.74, 6) is 0. The van der Waals surface area contributed by atoms with E-state index in [1.807, 2.05) is 0 Å². The summed E-state index contributed by atoms with van der Waals surface area (Å²) < 4.78 is 2.31. The maximum absolute atomic E-state index is 2.34. The molecule has 0 aliphatic rings. The summed E-state index contributed by atoms with van der Waals surface area (Å²) in [5, 5.41) is 2.59. The van der Waals surface area contributed by atoms with Crippen molar-refractivity contribution in [3.63, 3.8) is 0 Å². The SMILES string of the molecule is Cc1cc(-c2c(C)cccc2C)ccc1-c1c2ccccc2cc(C)[n+]1C. The molecule has 0 saturated heterocycles. The Hall–Kier alpha value is -2.93. The zero-order chi connectivity index (χ0) is 19.1. The van der Waals surface area contributed by atoms with Gasteiger partial charge < -0.3 is 0 Å². The van der Waals surface area contributed by atoms with Gasteiger partial charge in [0.25, 0.3) is 0 Å². The van der Waals surface area contributed by atoms with Crippen LogP contribution in [0.15, 0.2) is 66.7 Å². The number of hydrogen-bond donors (Lipinski definition) is 0. The Morgan fingerprint density at radius 3 is 2.07 bits per heavy atom. The molecule has 4 aromatic rings. The van der Waals surface area contributed by atoms with Gasteiger partial charge in [0.2, 0.25) is 5.69 Å². The van der Waals surface area contributed by atoms with Crippen molar-refractivity contribution in [2.24, 2.45) is 7.05 Å². The zero-order valence-corrected chi connectivity index (χ0v) is 16.8. The standard InChI is InChI=1S/C26H26N/c1-17-9-8-10-18(2)25(17)22-13-14-23(19(3)15-22)26-24-12-7-6-11-21(24)16-20(4)27(26)5/h6-16H,1-5H3/q+1. The molecule has 0 fully saturated rings. The van der Waals surface area contributed by atoms with Crippen LogP contribution in [0.3, 0.4) is 0 Å². The van der Waals surface area contributed by atoms with Crippen LogP contribution >= 0.6 is 0 Å². The lowest BCUT2D eigenvalue weighted by Crippen LogP contribution is -2.35. The van der Waals surface area contributed by atoms with Crippen LogP contribution in [-0.4, -0.2) is 0 Å². The Morgan fingerprint density at radius 2 is 1.37 bits per heavy atom. The zero-order valence-electron chi connectivity index (χ0n) is 16.8. The van der Waals surface area contributed by atoms with E-state index in [0.717, 1.165) is 0 Å². The summed E-state index contributed by atoms with van der Waals surface area (Å²) in [6.07, 6.45) is 0. The van der Waals surface area contributed by atoms with E-state index < -0.39 is 0 Å². The number of hydrogen-bond acceptors (Lipinski definition) is 0. The fraction of sp³-hybridized carbons (Fsp3) is 0.192. The van der Waals surface area contributed by atoms with E-state index in [1.165, 1.54) is 55.5 Å².